The fraction of sp³-hybridized carbons (Fsp3) is 0.333. The van der Waals surface area contributed by atoms with Crippen molar-refractivity contribution in [3.05, 3.63) is 33.1 Å². The summed E-state index contributed by atoms with van der Waals surface area (Å²) in [5, 5.41) is 3.02. The van der Waals surface area contributed by atoms with E-state index in [0.29, 0.717) is 34.4 Å². The molecule has 17 heavy (non-hydrogen) atoms. The molecular formula is C15H16Se2. The van der Waals surface area contributed by atoms with Crippen molar-refractivity contribution in [2.45, 2.75) is 33.1 Å². The van der Waals surface area contributed by atoms with Gasteiger partial charge < -0.3 is 0 Å². The minimum atomic E-state index is 0.328. The maximum atomic E-state index is 2.46. The molecular weight excluding hydrogens is 338 g/mol. The number of fused-ring (bicyclic) bond motifs is 2. The van der Waals surface area contributed by atoms with Crippen LogP contribution in [0.15, 0.2) is 23.1 Å². The van der Waals surface area contributed by atoms with E-state index in [1.165, 1.54) is 5.39 Å². The molecule has 0 saturated carbocycles. The van der Waals surface area contributed by atoms with Crippen molar-refractivity contribution in [2.24, 2.45) is 0 Å². The molecule has 0 bridgehead atoms. The Bertz CT molecular complexity index is 693. The Morgan fingerprint density at radius 2 is 1.82 bits per heavy atom. The molecule has 0 radical (unpaired) electrons. The van der Waals surface area contributed by atoms with Gasteiger partial charge in [-0.05, 0) is 0 Å². The Balaban J connectivity index is 2.39. The minimum absolute atomic E-state index is 0.328. The number of hydrogen-bond donors (Lipinski definition) is 0. The molecule has 3 aromatic rings. The van der Waals surface area contributed by atoms with Gasteiger partial charge in [-0.25, -0.2) is 0 Å². The topological polar surface area (TPSA) is 0 Å². The molecule has 0 aliphatic heterocycles. The first-order chi connectivity index (χ1) is 7.97. The summed E-state index contributed by atoms with van der Waals surface area (Å²) in [4.78, 5) is 2.34. The van der Waals surface area contributed by atoms with Gasteiger partial charge in [0, 0.05) is 0 Å². The second-order valence-corrected chi connectivity index (χ2v) is 9.81. The molecule has 0 fully saturated rings. The van der Waals surface area contributed by atoms with E-state index >= 15 is 0 Å². The van der Waals surface area contributed by atoms with E-state index in [0.717, 1.165) is 0 Å². The second kappa shape index (κ2) is 3.87. The van der Waals surface area contributed by atoms with Crippen molar-refractivity contribution in [1.82, 2.24) is 0 Å². The van der Waals surface area contributed by atoms with E-state index in [1.54, 1.807) is 23.9 Å². The summed E-state index contributed by atoms with van der Waals surface area (Å²) in [6, 6.07) is 7.20. The molecule has 0 aliphatic rings. The van der Waals surface area contributed by atoms with E-state index in [9.17, 15) is 0 Å². The van der Waals surface area contributed by atoms with Crippen LogP contribution >= 0.6 is 0 Å². The number of hydrogen-bond acceptors (Lipinski definition) is 0. The number of benzene rings is 1. The first-order valence-corrected chi connectivity index (χ1v) is 9.43. The van der Waals surface area contributed by atoms with Crippen LogP contribution in [0.25, 0.3) is 19.3 Å². The van der Waals surface area contributed by atoms with Crippen LogP contribution in [-0.4, -0.2) is 29.0 Å². The Labute approximate surface area is 114 Å². The van der Waals surface area contributed by atoms with Crippen LogP contribution in [0.1, 0.15) is 30.8 Å². The van der Waals surface area contributed by atoms with Gasteiger partial charge in [0.15, 0.2) is 0 Å². The summed E-state index contributed by atoms with van der Waals surface area (Å²) in [6.45, 7) is 9.35. The average Bonchev–Trinajstić information content (AvgIpc) is 2.79. The molecule has 2 heterocycles. The molecule has 0 nitrogen and oxygen atoms in total. The monoisotopic (exact) mass is 356 g/mol. The zero-order valence-electron chi connectivity index (χ0n) is 10.6. The number of rotatable bonds is 0. The summed E-state index contributed by atoms with van der Waals surface area (Å²) in [6.07, 6.45) is 0. The van der Waals surface area contributed by atoms with Gasteiger partial charge in [0.1, 0.15) is 0 Å². The van der Waals surface area contributed by atoms with Gasteiger partial charge in [0.05, 0.1) is 0 Å². The van der Waals surface area contributed by atoms with Gasteiger partial charge >= 0.3 is 115 Å². The first-order valence-electron chi connectivity index (χ1n) is 5.87. The molecule has 88 valence electrons. The quantitative estimate of drug-likeness (QED) is 0.540. The van der Waals surface area contributed by atoms with Crippen LogP contribution < -0.4 is 0 Å². The summed E-state index contributed by atoms with van der Waals surface area (Å²) in [7, 11) is 0. The molecule has 0 N–H and O–H groups in total. The Kier molecular flexibility index (Phi) is 2.69. The van der Waals surface area contributed by atoms with Gasteiger partial charge in [-0.15, -0.1) is 0 Å². The van der Waals surface area contributed by atoms with Crippen molar-refractivity contribution < 1.29 is 0 Å². The van der Waals surface area contributed by atoms with E-state index in [2.05, 4.69) is 50.8 Å². The molecule has 0 spiro atoms. The molecule has 2 aromatic heterocycles. The Hall–Kier alpha value is -0.261. The van der Waals surface area contributed by atoms with Crippen LogP contribution in [0.4, 0.5) is 0 Å². The molecule has 3 rings (SSSR count). The van der Waals surface area contributed by atoms with Crippen LogP contribution in [0.3, 0.4) is 0 Å². The van der Waals surface area contributed by atoms with Crippen LogP contribution in [0, 0.1) is 6.92 Å². The van der Waals surface area contributed by atoms with Gasteiger partial charge in [-0.2, -0.15) is 0 Å². The first kappa shape index (κ1) is 11.8. The fourth-order valence-electron chi connectivity index (χ4n) is 2.39. The van der Waals surface area contributed by atoms with Crippen molar-refractivity contribution >= 4 is 48.3 Å². The van der Waals surface area contributed by atoms with E-state index in [-0.39, 0.29) is 0 Å². The van der Waals surface area contributed by atoms with Gasteiger partial charge in [-0.3, -0.25) is 0 Å². The van der Waals surface area contributed by atoms with Gasteiger partial charge in [0.25, 0.3) is 0 Å². The Morgan fingerprint density at radius 1 is 1.06 bits per heavy atom. The third-order valence-electron chi connectivity index (χ3n) is 3.19. The second-order valence-electron chi connectivity index (χ2n) is 5.61. The third kappa shape index (κ3) is 1.88. The van der Waals surface area contributed by atoms with Gasteiger partial charge in [-0.1, -0.05) is 0 Å². The van der Waals surface area contributed by atoms with E-state index in [4.69, 9.17) is 0 Å². The van der Waals surface area contributed by atoms with Crippen LogP contribution in [-0.2, 0) is 5.41 Å². The normalized spacial score (nSPS) is 12.7. The number of aryl methyl sites for hydroxylation is 1. The van der Waals surface area contributed by atoms with Crippen molar-refractivity contribution in [3.8, 4) is 0 Å². The van der Waals surface area contributed by atoms with Crippen molar-refractivity contribution in [2.75, 3.05) is 0 Å². The van der Waals surface area contributed by atoms with Crippen LogP contribution in [0.2, 0.25) is 0 Å². The van der Waals surface area contributed by atoms with Crippen molar-refractivity contribution in [1.29, 1.82) is 0 Å². The molecule has 2 heteroatoms. The van der Waals surface area contributed by atoms with E-state index in [1.807, 2.05) is 0 Å². The SMILES string of the molecule is Cc1c(C(C)(C)C)[se]c2cc3cc[se]c3cc12. The summed E-state index contributed by atoms with van der Waals surface area (Å²) >= 11 is 1.11. The van der Waals surface area contributed by atoms with Crippen molar-refractivity contribution in [3.63, 3.8) is 0 Å². The molecule has 1 aromatic carbocycles. The molecule has 0 saturated heterocycles. The molecule has 0 aliphatic carbocycles. The predicted octanol–water partition coefficient (Wildman–Crippen LogP) is 3.71. The average molecular weight is 354 g/mol. The third-order valence-corrected chi connectivity index (χ3v) is 8.56. The summed E-state index contributed by atoms with van der Waals surface area (Å²) in [5.74, 6) is 0. The standard InChI is InChI=1S/C15H16Se2/c1-9-11-8-12-10(5-6-16-12)7-13(11)17-14(9)15(2,3)4/h5-8H,1-4H3. The fourth-order valence-corrected chi connectivity index (χ4v) is 6.81. The zero-order valence-corrected chi connectivity index (χ0v) is 14.1. The maximum absolute atomic E-state index is 2.46. The predicted molar refractivity (Wildman–Crippen MR) is 78.8 cm³/mol. The van der Waals surface area contributed by atoms with E-state index < -0.39 is 0 Å². The van der Waals surface area contributed by atoms with Gasteiger partial charge in [0.2, 0.25) is 0 Å². The summed E-state index contributed by atoms with van der Waals surface area (Å²) in [5.41, 5.74) is 1.88. The molecule has 0 unspecified atom stereocenters. The Morgan fingerprint density at radius 3 is 2.53 bits per heavy atom. The molecule has 0 amide bonds. The molecule has 0 atom stereocenters. The zero-order chi connectivity index (χ0) is 12.2. The van der Waals surface area contributed by atoms with Crippen LogP contribution in [0.5, 0.6) is 0 Å². The summed E-state index contributed by atoms with van der Waals surface area (Å²) < 4.78 is 4.85.